The van der Waals surface area contributed by atoms with E-state index in [2.05, 4.69) is 21.6 Å². The van der Waals surface area contributed by atoms with Crippen LogP contribution in [0.25, 0.3) is 0 Å². The summed E-state index contributed by atoms with van der Waals surface area (Å²) in [5.41, 5.74) is 6.45. The van der Waals surface area contributed by atoms with Crippen molar-refractivity contribution < 1.29 is 14.2 Å². The van der Waals surface area contributed by atoms with Crippen LogP contribution in [0.3, 0.4) is 0 Å². The van der Waals surface area contributed by atoms with Crippen LogP contribution in [0.1, 0.15) is 34.9 Å². The first-order valence-electron chi connectivity index (χ1n) is 10.4. The quantitative estimate of drug-likeness (QED) is 0.315. The maximum Gasteiger partial charge on any atom is 0.180 e. The zero-order valence-corrected chi connectivity index (χ0v) is 19.5. The Hall–Kier alpha value is -3.60. The number of methoxy groups -OCH3 is 1. The lowest BCUT2D eigenvalue weighted by Gasteiger charge is -2.14. The predicted molar refractivity (Wildman–Crippen MR) is 129 cm³/mol. The Labute approximate surface area is 198 Å². The molecule has 170 valence electrons. The minimum absolute atomic E-state index is 0.308. The summed E-state index contributed by atoms with van der Waals surface area (Å²) >= 11 is 6.50. The van der Waals surface area contributed by atoms with Crippen molar-refractivity contribution in [1.29, 1.82) is 5.26 Å². The lowest BCUT2D eigenvalue weighted by Crippen LogP contribution is -2.04. The van der Waals surface area contributed by atoms with Gasteiger partial charge in [0.2, 0.25) is 0 Å². The van der Waals surface area contributed by atoms with Crippen LogP contribution in [0, 0.1) is 18.3 Å². The number of nitrogens with zero attached hydrogens (tertiary/aromatic N) is 3. The second-order valence-corrected chi connectivity index (χ2v) is 7.51. The average molecular weight is 465 g/mol. The number of aryl methyl sites for hydroxylation is 1. The summed E-state index contributed by atoms with van der Waals surface area (Å²) in [6.07, 6.45) is 1.58. The summed E-state index contributed by atoms with van der Waals surface area (Å²) in [5.74, 6) is 1.36. The Morgan fingerprint density at radius 1 is 1.15 bits per heavy atom. The van der Waals surface area contributed by atoms with Gasteiger partial charge in [-0.05, 0) is 43.2 Å². The standard InChI is InChI=1S/C25H25ClN4O3/c1-4-32-23-12-19(11-22(26)24(23)33-15-18-8-6-5-7-9-18)14-28-30-25-21(13-27)20(16-31-3)10-17(2)29-25/h5-12,14H,4,15-16H2,1-3H3,(H,29,30)/b28-14-. The van der Waals surface area contributed by atoms with Crippen molar-refractivity contribution in [3.63, 3.8) is 0 Å². The highest BCUT2D eigenvalue weighted by molar-refractivity contribution is 6.32. The van der Waals surface area contributed by atoms with Crippen LogP contribution in [0.4, 0.5) is 5.82 Å². The summed E-state index contributed by atoms with van der Waals surface area (Å²) < 4.78 is 16.9. The van der Waals surface area contributed by atoms with E-state index in [1.165, 1.54) is 0 Å². The molecule has 33 heavy (non-hydrogen) atoms. The smallest absolute Gasteiger partial charge is 0.180 e. The maximum absolute atomic E-state index is 9.54. The first-order chi connectivity index (χ1) is 16.0. The summed E-state index contributed by atoms with van der Waals surface area (Å²) in [6, 6.07) is 17.3. The van der Waals surface area contributed by atoms with Gasteiger partial charge < -0.3 is 14.2 Å². The van der Waals surface area contributed by atoms with E-state index >= 15 is 0 Å². The second-order valence-electron chi connectivity index (χ2n) is 7.10. The number of aromatic nitrogens is 1. The van der Waals surface area contributed by atoms with Crippen molar-refractivity contribution in [3.05, 3.63) is 81.5 Å². The van der Waals surface area contributed by atoms with Gasteiger partial charge >= 0.3 is 0 Å². The normalized spacial score (nSPS) is 10.8. The molecule has 7 nitrogen and oxygen atoms in total. The van der Waals surface area contributed by atoms with E-state index in [1.54, 1.807) is 25.5 Å². The number of halogens is 1. The van der Waals surface area contributed by atoms with Crippen molar-refractivity contribution in [2.75, 3.05) is 19.1 Å². The lowest BCUT2D eigenvalue weighted by atomic mass is 10.1. The van der Waals surface area contributed by atoms with Crippen molar-refractivity contribution in [2.45, 2.75) is 27.1 Å². The molecule has 1 aromatic heterocycles. The molecule has 0 radical (unpaired) electrons. The zero-order valence-electron chi connectivity index (χ0n) is 18.8. The number of nitrogens with one attached hydrogen (secondary N) is 1. The molecule has 0 unspecified atom stereocenters. The van der Waals surface area contributed by atoms with E-state index < -0.39 is 0 Å². The van der Waals surface area contributed by atoms with Crippen molar-refractivity contribution in [2.24, 2.45) is 5.10 Å². The Morgan fingerprint density at radius 3 is 2.64 bits per heavy atom. The lowest BCUT2D eigenvalue weighted by molar-refractivity contribution is 0.184. The highest BCUT2D eigenvalue weighted by Crippen LogP contribution is 2.37. The average Bonchev–Trinajstić information content (AvgIpc) is 2.79. The summed E-state index contributed by atoms with van der Waals surface area (Å²) in [4.78, 5) is 4.38. The molecule has 3 aromatic rings. The Morgan fingerprint density at radius 2 is 1.94 bits per heavy atom. The van der Waals surface area contributed by atoms with E-state index in [-0.39, 0.29) is 0 Å². The van der Waals surface area contributed by atoms with Crippen molar-refractivity contribution in [3.8, 4) is 17.6 Å². The van der Waals surface area contributed by atoms with Gasteiger partial charge in [-0.15, -0.1) is 0 Å². The summed E-state index contributed by atoms with van der Waals surface area (Å²) in [5, 5.41) is 14.2. The van der Waals surface area contributed by atoms with Crippen molar-refractivity contribution in [1.82, 2.24) is 4.98 Å². The highest BCUT2D eigenvalue weighted by Gasteiger charge is 2.13. The minimum atomic E-state index is 0.308. The Kier molecular flexibility index (Phi) is 8.64. The number of benzene rings is 2. The fraction of sp³-hybridized carbons (Fsp3) is 0.240. The molecule has 0 saturated carbocycles. The number of hydrogen-bond donors (Lipinski definition) is 1. The number of nitriles is 1. The topological polar surface area (TPSA) is 88.8 Å². The number of rotatable bonds is 10. The maximum atomic E-state index is 9.54. The van der Waals surface area contributed by atoms with E-state index in [1.807, 2.05) is 50.2 Å². The van der Waals surface area contributed by atoms with Gasteiger partial charge in [-0.1, -0.05) is 41.9 Å². The molecule has 0 saturated heterocycles. The van der Waals surface area contributed by atoms with E-state index in [0.717, 1.165) is 16.8 Å². The molecular weight excluding hydrogens is 440 g/mol. The van der Waals surface area contributed by atoms with Crippen LogP contribution in [0.15, 0.2) is 53.6 Å². The van der Waals surface area contributed by atoms with Crippen LogP contribution >= 0.6 is 11.6 Å². The number of ether oxygens (including phenoxy) is 3. The van der Waals surface area contributed by atoms with E-state index in [9.17, 15) is 5.26 Å². The van der Waals surface area contributed by atoms with Crippen LogP contribution in [-0.2, 0) is 18.0 Å². The monoisotopic (exact) mass is 464 g/mol. The van der Waals surface area contributed by atoms with Crippen LogP contribution in [0.5, 0.6) is 11.5 Å². The third kappa shape index (κ3) is 6.45. The minimum Gasteiger partial charge on any atom is -0.490 e. The third-order valence-corrected chi connectivity index (χ3v) is 4.86. The van der Waals surface area contributed by atoms with Gasteiger partial charge in [0, 0.05) is 18.4 Å². The Bertz CT molecular complexity index is 1160. The molecule has 3 rings (SSSR count). The molecule has 2 aromatic carbocycles. The van der Waals surface area contributed by atoms with Gasteiger partial charge in [0.25, 0.3) is 0 Å². The molecule has 0 amide bonds. The molecule has 1 heterocycles. The molecule has 0 bridgehead atoms. The van der Waals surface area contributed by atoms with Crippen LogP contribution in [-0.4, -0.2) is 24.9 Å². The molecule has 0 aliphatic heterocycles. The fourth-order valence-corrected chi connectivity index (χ4v) is 3.45. The highest BCUT2D eigenvalue weighted by atomic mass is 35.5. The molecule has 0 fully saturated rings. The molecule has 0 aliphatic carbocycles. The Balaban J connectivity index is 1.81. The number of hydrazone groups is 1. The molecule has 1 N–H and O–H groups in total. The largest absolute Gasteiger partial charge is 0.490 e. The molecule has 0 spiro atoms. The predicted octanol–water partition coefficient (Wildman–Crippen LogP) is 5.49. The van der Waals surface area contributed by atoms with Gasteiger partial charge in [-0.3, -0.25) is 5.43 Å². The van der Waals surface area contributed by atoms with Gasteiger partial charge in [0.1, 0.15) is 18.2 Å². The first-order valence-corrected chi connectivity index (χ1v) is 10.7. The molecule has 0 aliphatic rings. The van der Waals surface area contributed by atoms with E-state index in [4.69, 9.17) is 25.8 Å². The number of hydrogen-bond acceptors (Lipinski definition) is 7. The SMILES string of the molecule is CCOc1cc(/C=N\Nc2nc(C)cc(COC)c2C#N)cc(Cl)c1OCc1ccccc1. The third-order valence-electron chi connectivity index (χ3n) is 4.58. The zero-order chi connectivity index (χ0) is 23.6. The molecule has 0 atom stereocenters. The molecule has 8 heteroatoms. The fourth-order valence-electron chi connectivity index (χ4n) is 3.18. The van der Waals surface area contributed by atoms with Gasteiger partial charge in [-0.25, -0.2) is 4.98 Å². The van der Waals surface area contributed by atoms with Gasteiger partial charge in [0.05, 0.1) is 24.5 Å². The first kappa shape index (κ1) is 24.1. The second kappa shape index (κ2) is 11.9. The summed E-state index contributed by atoms with van der Waals surface area (Å²) in [6.45, 7) is 4.87. The van der Waals surface area contributed by atoms with Crippen LogP contribution in [0.2, 0.25) is 5.02 Å². The summed E-state index contributed by atoms with van der Waals surface area (Å²) in [7, 11) is 1.58. The van der Waals surface area contributed by atoms with Gasteiger partial charge in [0.15, 0.2) is 17.3 Å². The van der Waals surface area contributed by atoms with Gasteiger partial charge in [-0.2, -0.15) is 10.4 Å². The van der Waals surface area contributed by atoms with E-state index in [0.29, 0.717) is 53.3 Å². The van der Waals surface area contributed by atoms with Crippen LogP contribution < -0.4 is 14.9 Å². The van der Waals surface area contributed by atoms with Crippen molar-refractivity contribution >= 4 is 23.6 Å². The number of anilines is 1. The molecular formula is C25H25ClN4O3. The number of pyridine rings is 1.